The summed E-state index contributed by atoms with van der Waals surface area (Å²) in [7, 11) is 0. The first-order valence-electron chi connectivity index (χ1n) is 5.91. The van der Waals surface area contributed by atoms with Crippen LogP contribution >= 0.6 is 0 Å². The average molecular weight is 196 g/mol. The normalized spacial score (nSPS) is 49.3. The number of fused-ring (bicyclic) bond motifs is 2. The summed E-state index contributed by atoms with van der Waals surface area (Å²) in [5, 5.41) is 14.1. The highest BCUT2D eigenvalue weighted by atomic mass is 16.3. The Hall–Kier alpha value is -0.120. The zero-order chi connectivity index (χ0) is 9.76. The van der Waals surface area contributed by atoms with Crippen LogP contribution in [0.15, 0.2) is 0 Å². The van der Waals surface area contributed by atoms with Crippen LogP contribution in [0.25, 0.3) is 0 Å². The second-order valence-corrected chi connectivity index (χ2v) is 5.51. The van der Waals surface area contributed by atoms with Crippen molar-refractivity contribution in [2.24, 2.45) is 11.7 Å². The quantitative estimate of drug-likeness (QED) is 0.598. The smallest absolute Gasteiger partial charge is 0.0830 e. The van der Waals surface area contributed by atoms with Crippen LogP contribution in [0.5, 0.6) is 0 Å². The van der Waals surface area contributed by atoms with Crippen molar-refractivity contribution in [1.82, 2.24) is 5.32 Å². The van der Waals surface area contributed by atoms with E-state index in [0.29, 0.717) is 18.0 Å². The molecule has 3 atom stereocenters. The van der Waals surface area contributed by atoms with Crippen molar-refractivity contribution in [3.05, 3.63) is 0 Å². The fourth-order valence-corrected chi connectivity index (χ4v) is 3.33. The van der Waals surface area contributed by atoms with Crippen LogP contribution < -0.4 is 11.1 Å². The minimum absolute atomic E-state index is 0.0349. The highest BCUT2D eigenvalue weighted by Gasteiger charge is 2.49. The number of piperidine rings is 1. The zero-order valence-corrected chi connectivity index (χ0v) is 8.58. The van der Waals surface area contributed by atoms with E-state index in [-0.39, 0.29) is 6.04 Å². The van der Waals surface area contributed by atoms with Crippen molar-refractivity contribution in [2.45, 2.75) is 62.3 Å². The van der Waals surface area contributed by atoms with Gasteiger partial charge in [0.25, 0.3) is 0 Å². The van der Waals surface area contributed by atoms with Gasteiger partial charge < -0.3 is 16.2 Å². The minimum atomic E-state index is -0.557. The van der Waals surface area contributed by atoms with Crippen molar-refractivity contribution in [1.29, 1.82) is 0 Å². The Morgan fingerprint density at radius 1 is 1.14 bits per heavy atom. The predicted molar refractivity (Wildman–Crippen MR) is 54.8 cm³/mol. The molecule has 0 aromatic carbocycles. The predicted octanol–water partition coefficient (Wildman–Crippen LogP) is 0.369. The van der Waals surface area contributed by atoms with Crippen LogP contribution in [0.2, 0.25) is 0 Å². The maximum atomic E-state index is 10.6. The Morgan fingerprint density at radius 2 is 1.71 bits per heavy atom. The molecule has 14 heavy (non-hydrogen) atoms. The lowest BCUT2D eigenvalue weighted by atomic mass is 9.80. The molecule has 2 heterocycles. The minimum Gasteiger partial charge on any atom is -0.388 e. The summed E-state index contributed by atoms with van der Waals surface area (Å²) in [6.45, 7) is 0. The number of nitrogens with two attached hydrogens (primary N) is 1. The van der Waals surface area contributed by atoms with Crippen LogP contribution in [-0.2, 0) is 0 Å². The molecular formula is C11H20N2O. The number of hydrogen-bond acceptors (Lipinski definition) is 3. The topological polar surface area (TPSA) is 58.3 Å². The van der Waals surface area contributed by atoms with Crippen molar-refractivity contribution in [3.63, 3.8) is 0 Å². The molecule has 3 rings (SSSR count). The largest absolute Gasteiger partial charge is 0.388 e. The third-order valence-electron chi connectivity index (χ3n) is 4.29. The second-order valence-electron chi connectivity index (χ2n) is 5.51. The summed E-state index contributed by atoms with van der Waals surface area (Å²) in [6, 6.07) is 1.10. The van der Waals surface area contributed by atoms with Gasteiger partial charge >= 0.3 is 0 Å². The fraction of sp³-hybridized carbons (Fsp3) is 1.00. The molecule has 0 spiro atoms. The highest BCUT2D eigenvalue weighted by Crippen LogP contribution is 2.43. The van der Waals surface area contributed by atoms with E-state index in [0.717, 1.165) is 12.8 Å². The van der Waals surface area contributed by atoms with Crippen molar-refractivity contribution >= 4 is 0 Å². The molecule has 2 aliphatic heterocycles. The van der Waals surface area contributed by atoms with E-state index in [2.05, 4.69) is 5.32 Å². The van der Waals surface area contributed by atoms with Gasteiger partial charge in [-0.3, -0.25) is 0 Å². The van der Waals surface area contributed by atoms with Crippen molar-refractivity contribution in [2.75, 3.05) is 0 Å². The maximum Gasteiger partial charge on any atom is 0.0830 e. The molecule has 80 valence electrons. The van der Waals surface area contributed by atoms with E-state index >= 15 is 0 Å². The van der Waals surface area contributed by atoms with Gasteiger partial charge in [-0.05, 0) is 44.4 Å². The lowest BCUT2D eigenvalue weighted by molar-refractivity contribution is -0.0343. The molecule has 0 aromatic heterocycles. The summed E-state index contributed by atoms with van der Waals surface area (Å²) in [5.74, 6) is 0.609. The summed E-state index contributed by atoms with van der Waals surface area (Å²) in [4.78, 5) is 0. The summed E-state index contributed by atoms with van der Waals surface area (Å²) in [5.41, 5.74) is 5.61. The van der Waals surface area contributed by atoms with Crippen LogP contribution in [0.3, 0.4) is 0 Å². The molecule has 3 nitrogen and oxygen atoms in total. The third kappa shape index (κ3) is 1.38. The molecule has 3 fully saturated rings. The van der Waals surface area contributed by atoms with E-state index < -0.39 is 5.60 Å². The Balaban J connectivity index is 1.75. The van der Waals surface area contributed by atoms with Crippen LogP contribution in [-0.4, -0.2) is 28.8 Å². The summed E-state index contributed by atoms with van der Waals surface area (Å²) >= 11 is 0. The molecule has 2 bridgehead atoms. The lowest BCUT2D eigenvalue weighted by Gasteiger charge is -2.41. The molecule has 1 saturated carbocycles. The van der Waals surface area contributed by atoms with E-state index in [1.54, 1.807) is 0 Å². The van der Waals surface area contributed by atoms with E-state index in [9.17, 15) is 5.11 Å². The standard InChI is InChI=1S/C11H20N2O/c12-10(7-1-2-7)11(14)5-8-3-4-9(6-11)13-8/h7-10,13-14H,1-6,12H2. The SMILES string of the molecule is NC(C1CC1)C1(O)CC2CCC(C1)N2. The van der Waals surface area contributed by atoms with Gasteiger partial charge in [0.2, 0.25) is 0 Å². The second kappa shape index (κ2) is 2.94. The van der Waals surface area contributed by atoms with Gasteiger partial charge in [0.05, 0.1) is 5.60 Å². The van der Waals surface area contributed by atoms with E-state index in [1.807, 2.05) is 0 Å². The molecule has 0 amide bonds. The molecule has 1 aliphatic carbocycles. The van der Waals surface area contributed by atoms with Gasteiger partial charge in [-0.15, -0.1) is 0 Å². The monoisotopic (exact) mass is 196 g/mol. The number of nitrogens with one attached hydrogen (secondary N) is 1. The number of rotatable bonds is 2. The van der Waals surface area contributed by atoms with Crippen molar-refractivity contribution < 1.29 is 5.11 Å². The Morgan fingerprint density at radius 3 is 2.21 bits per heavy atom. The van der Waals surface area contributed by atoms with Gasteiger partial charge in [-0.25, -0.2) is 0 Å². The number of hydrogen-bond donors (Lipinski definition) is 3. The van der Waals surface area contributed by atoms with Gasteiger partial charge in [0, 0.05) is 18.1 Å². The zero-order valence-electron chi connectivity index (χ0n) is 8.58. The third-order valence-corrected chi connectivity index (χ3v) is 4.29. The first kappa shape index (κ1) is 9.13. The Kier molecular flexibility index (Phi) is 1.92. The summed E-state index contributed by atoms with van der Waals surface area (Å²) < 4.78 is 0. The van der Waals surface area contributed by atoms with E-state index in [4.69, 9.17) is 5.73 Å². The molecule has 0 aromatic rings. The molecule has 2 saturated heterocycles. The lowest BCUT2D eigenvalue weighted by Crippen LogP contribution is -2.58. The maximum absolute atomic E-state index is 10.6. The van der Waals surface area contributed by atoms with Crippen molar-refractivity contribution in [3.8, 4) is 0 Å². The van der Waals surface area contributed by atoms with Gasteiger partial charge in [-0.2, -0.15) is 0 Å². The molecule has 3 aliphatic rings. The number of aliphatic hydroxyl groups is 1. The van der Waals surface area contributed by atoms with E-state index in [1.165, 1.54) is 25.7 Å². The molecular weight excluding hydrogens is 176 g/mol. The molecule has 3 heteroatoms. The van der Waals surface area contributed by atoms with Crippen LogP contribution in [0, 0.1) is 5.92 Å². The fourth-order valence-electron chi connectivity index (χ4n) is 3.33. The first-order valence-corrected chi connectivity index (χ1v) is 5.91. The molecule has 3 unspecified atom stereocenters. The Bertz CT molecular complexity index is 227. The van der Waals surface area contributed by atoms with Gasteiger partial charge in [0.1, 0.15) is 0 Å². The first-order chi connectivity index (χ1) is 6.67. The highest BCUT2D eigenvalue weighted by molar-refractivity contribution is 5.07. The Labute approximate surface area is 85.1 Å². The molecule has 0 radical (unpaired) electrons. The van der Waals surface area contributed by atoms with Gasteiger partial charge in [-0.1, -0.05) is 0 Å². The molecule has 4 N–H and O–H groups in total. The van der Waals surface area contributed by atoms with Crippen LogP contribution in [0.4, 0.5) is 0 Å². The average Bonchev–Trinajstić information content (AvgIpc) is 2.92. The van der Waals surface area contributed by atoms with Crippen LogP contribution in [0.1, 0.15) is 38.5 Å². The van der Waals surface area contributed by atoms with Gasteiger partial charge in [0.15, 0.2) is 0 Å². The summed E-state index contributed by atoms with van der Waals surface area (Å²) in [6.07, 6.45) is 6.66.